The van der Waals surface area contributed by atoms with Crippen LogP contribution in [0.15, 0.2) is 36.4 Å². The highest BCUT2D eigenvalue weighted by Gasteiger charge is 2.73. The van der Waals surface area contributed by atoms with Gasteiger partial charge < -0.3 is 29.6 Å². The molecule has 1 spiro atoms. The predicted molar refractivity (Wildman–Crippen MR) is 124 cm³/mol. The Morgan fingerprint density at radius 1 is 1.00 bits per heavy atom. The topological polar surface area (TPSA) is 59.4 Å². The molecule has 0 radical (unpaired) electrons. The van der Waals surface area contributed by atoms with E-state index in [2.05, 4.69) is 59.1 Å². The lowest BCUT2D eigenvalue weighted by Crippen LogP contribution is -2.78. The van der Waals surface area contributed by atoms with Crippen molar-refractivity contribution in [3.05, 3.63) is 47.5 Å². The molecule has 0 unspecified atom stereocenters. The van der Waals surface area contributed by atoms with Crippen molar-refractivity contribution in [2.45, 2.75) is 54.9 Å². The first-order valence-electron chi connectivity index (χ1n) is 12.0. The monoisotopic (exact) mass is 433 g/mol. The summed E-state index contributed by atoms with van der Waals surface area (Å²) in [7, 11) is 4.30. The lowest BCUT2D eigenvalue weighted by atomic mass is 9.48. The molecule has 5 atom stereocenters. The van der Waals surface area contributed by atoms with E-state index in [9.17, 15) is 10.2 Å². The predicted octanol–water partition coefficient (Wildman–Crippen LogP) is 2.50. The van der Waals surface area contributed by atoms with Crippen LogP contribution in [0.5, 0.6) is 11.5 Å². The summed E-state index contributed by atoms with van der Waals surface area (Å²) in [4.78, 5) is 7.20. The summed E-state index contributed by atoms with van der Waals surface area (Å²) in [6.07, 6.45) is 3.15. The third-order valence-corrected chi connectivity index (χ3v) is 9.38. The minimum absolute atomic E-state index is 0.0890. The molecule has 2 bridgehead atoms. The van der Waals surface area contributed by atoms with Crippen molar-refractivity contribution in [2.24, 2.45) is 0 Å². The third kappa shape index (κ3) is 2.04. The zero-order valence-electron chi connectivity index (χ0n) is 18.8. The Hall–Kier alpha value is -2.44. The van der Waals surface area contributed by atoms with Crippen LogP contribution in [0, 0.1) is 0 Å². The summed E-state index contributed by atoms with van der Waals surface area (Å²) in [5, 5.41) is 23.2. The molecule has 2 N–H and O–H groups in total. The first-order valence-corrected chi connectivity index (χ1v) is 12.0. The highest BCUT2D eigenvalue weighted by molar-refractivity contribution is 5.74. The normalized spacial score (nSPS) is 37.0. The lowest BCUT2D eigenvalue weighted by Gasteiger charge is -2.64. The number of likely N-dealkylation sites (tertiary alicyclic amines) is 1. The first-order chi connectivity index (χ1) is 15.5. The number of nitrogens with zero attached hydrogens (tertiary/aromatic N) is 3. The molecule has 3 aliphatic heterocycles. The number of phenols is 1. The molecule has 7 rings (SSSR count). The third-order valence-electron chi connectivity index (χ3n) is 9.38. The number of para-hydroxylation sites is 2. The number of aliphatic hydroxyl groups is 1. The minimum Gasteiger partial charge on any atom is -0.504 e. The van der Waals surface area contributed by atoms with E-state index in [0.717, 1.165) is 50.9 Å². The van der Waals surface area contributed by atoms with Gasteiger partial charge in [0.1, 0.15) is 6.10 Å². The number of phenolic OH excluding ortho intramolecular Hbond substituents is 1. The van der Waals surface area contributed by atoms with Crippen molar-refractivity contribution < 1.29 is 14.9 Å². The van der Waals surface area contributed by atoms with Crippen LogP contribution in [0.25, 0.3) is 0 Å². The molecule has 1 saturated heterocycles. The molecule has 1 saturated carbocycles. The largest absolute Gasteiger partial charge is 0.504 e. The molecular weight excluding hydrogens is 402 g/mol. The first kappa shape index (κ1) is 19.1. The lowest BCUT2D eigenvalue weighted by molar-refractivity contribution is -0.184. The van der Waals surface area contributed by atoms with Gasteiger partial charge in [-0.3, -0.25) is 0 Å². The zero-order valence-corrected chi connectivity index (χ0v) is 18.8. The van der Waals surface area contributed by atoms with Crippen LogP contribution in [-0.4, -0.2) is 72.6 Å². The van der Waals surface area contributed by atoms with Gasteiger partial charge in [0, 0.05) is 31.7 Å². The van der Waals surface area contributed by atoms with E-state index in [0.29, 0.717) is 5.75 Å². The molecule has 2 aromatic carbocycles. The molecule has 32 heavy (non-hydrogen) atoms. The Kier molecular flexibility index (Phi) is 3.64. The van der Waals surface area contributed by atoms with Crippen molar-refractivity contribution in [3.8, 4) is 11.5 Å². The second-order valence-corrected chi connectivity index (χ2v) is 10.5. The summed E-state index contributed by atoms with van der Waals surface area (Å²) in [6, 6.07) is 12.7. The molecular formula is C26H31N3O3. The van der Waals surface area contributed by atoms with Crippen molar-refractivity contribution >= 4 is 11.4 Å². The molecule has 168 valence electrons. The van der Waals surface area contributed by atoms with Gasteiger partial charge in [-0.2, -0.15) is 0 Å². The highest BCUT2D eigenvalue weighted by atomic mass is 16.5. The second kappa shape index (κ2) is 6.12. The van der Waals surface area contributed by atoms with Crippen LogP contribution in [0.2, 0.25) is 0 Å². The number of aromatic hydroxyl groups is 1. The molecule has 0 aromatic heterocycles. The number of benzene rings is 2. The summed E-state index contributed by atoms with van der Waals surface area (Å²) >= 11 is 0. The second-order valence-electron chi connectivity index (χ2n) is 10.5. The number of piperidine rings is 1. The van der Waals surface area contributed by atoms with E-state index in [1.165, 1.54) is 16.9 Å². The molecule has 2 aromatic rings. The van der Waals surface area contributed by atoms with Crippen LogP contribution in [-0.2, 0) is 11.8 Å². The minimum atomic E-state index is -0.834. The van der Waals surface area contributed by atoms with Crippen LogP contribution < -0.4 is 14.5 Å². The number of fused-ring (bicyclic) bond motifs is 1. The van der Waals surface area contributed by atoms with E-state index >= 15 is 0 Å². The van der Waals surface area contributed by atoms with Gasteiger partial charge in [-0.05, 0) is 63.0 Å². The van der Waals surface area contributed by atoms with Gasteiger partial charge in [0.05, 0.1) is 28.4 Å². The highest BCUT2D eigenvalue weighted by Crippen LogP contribution is 2.66. The smallest absolute Gasteiger partial charge is 0.165 e. The van der Waals surface area contributed by atoms with Gasteiger partial charge in [-0.1, -0.05) is 18.2 Å². The Morgan fingerprint density at radius 3 is 2.66 bits per heavy atom. The number of anilines is 2. The molecule has 5 aliphatic rings. The van der Waals surface area contributed by atoms with Crippen molar-refractivity contribution in [2.75, 3.05) is 43.5 Å². The van der Waals surface area contributed by atoms with Crippen LogP contribution in [0.4, 0.5) is 11.4 Å². The Bertz CT molecular complexity index is 1120. The number of hydrogen-bond donors (Lipinski definition) is 2. The fourth-order valence-corrected chi connectivity index (χ4v) is 7.92. The van der Waals surface area contributed by atoms with Crippen LogP contribution >= 0.6 is 0 Å². The maximum absolute atomic E-state index is 12.4. The van der Waals surface area contributed by atoms with Crippen LogP contribution in [0.3, 0.4) is 0 Å². The standard InChI is InChI=1S/C26H31N3O3/c1-27-13-14-29(18-6-4-3-5-17(18)27)19-9-10-26(31)21-15-16-7-8-20(30)23-22(16)25(26,24(19)32-23)11-12-28(21)2/h3-8,19,21,24,30-31H,9-15H2,1-2H3/t19-,21+,24+,25+,26-/m1/s1. The number of rotatable bonds is 1. The maximum Gasteiger partial charge on any atom is 0.165 e. The van der Waals surface area contributed by atoms with E-state index in [1.807, 2.05) is 0 Å². The molecule has 2 fully saturated rings. The number of likely N-dealkylation sites (N-methyl/N-ethyl adjacent to an activating group) is 2. The summed E-state index contributed by atoms with van der Waals surface area (Å²) < 4.78 is 6.73. The maximum atomic E-state index is 12.4. The number of hydrogen-bond acceptors (Lipinski definition) is 6. The van der Waals surface area contributed by atoms with Gasteiger partial charge in [-0.25, -0.2) is 0 Å². The van der Waals surface area contributed by atoms with Gasteiger partial charge >= 0.3 is 0 Å². The van der Waals surface area contributed by atoms with Crippen molar-refractivity contribution in [3.63, 3.8) is 0 Å². The molecule has 6 nitrogen and oxygen atoms in total. The average Bonchev–Trinajstić information content (AvgIpc) is 3.15. The van der Waals surface area contributed by atoms with Crippen molar-refractivity contribution in [1.82, 2.24) is 4.90 Å². The molecule has 0 amide bonds. The summed E-state index contributed by atoms with van der Waals surface area (Å²) in [5.41, 5.74) is 3.53. The molecule has 2 aliphatic carbocycles. The SMILES string of the molecule is CN1CCN([C@@H]2CC[C@@]3(O)[C@@H]4Cc5ccc(O)c6c5[C@@]3(CCN4C)[C@H]2O6)c2ccccc21. The Labute approximate surface area is 189 Å². The van der Waals surface area contributed by atoms with Gasteiger partial charge in [0.15, 0.2) is 11.5 Å². The van der Waals surface area contributed by atoms with Gasteiger partial charge in [-0.15, -0.1) is 0 Å². The van der Waals surface area contributed by atoms with E-state index < -0.39 is 11.0 Å². The fraction of sp³-hybridized carbons (Fsp3) is 0.538. The fourth-order valence-electron chi connectivity index (χ4n) is 7.92. The van der Waals surface area contributed by atoms with Crippen LogP contribution in [0.1, 0.15) is 30.4 Å². The Morgan fingerprint density at radius 2 is 1.81 bits per heavy atom. The zero-order chi connectivity index (χ0) is 21.8. The van der Waals surface area contributed by atoms with E-state index in [4.69, 9.17) is 4.74 Å². The quantitative estimate of drug-likeness (QED) is 0.721. The molecule has 6 heteroatoms. The Balaban J connectivity index is 1.42. The van der Waals surface area contributed by atoms with Gasteiger partial charge in [0.2, 0.25) is 0 Å². The van der Waals surface area contributed by atoms with E-state index in [1.54, 1.807) is 6.07 Å². The average molecular weight is 434 g/mol. The number of ether oxygens (including phenoxy) is 1. The van der Waals surface area contributed by atoms with E-state index in [-0.39, 0.29) is 23.9 Å². The molecule has 3 heterocycles. The summed E-state index contributed by atoms with van der Waals surface area (Å²) in [6.45, 7) is 2.84. The van der Waals surface area contributed by atoms with Crippen molar-refractivity contribution in [1.29, 1.82) is 0 Å². The summed E-state index contributed by atoms with van der Waals surface area (Å²) in [5.74, 6) is 0.841. The van der Waals surface area contributed by atoms with Gasteiger partial charge in [0.25, 0.3) is 0 Å².